The van der Waals surface area contributed by atoms with E-state index in [9.17, 15) is 19.5 Å². The molecule has 1 saturated heterocycles. The number of β-lactam (4-membered cyclic amide) rings is 1. The fraction of sp³-hybridized carbons (Fsp3) is 0.238. The van der Waals surface area contributed by atoms with Crippen molar-refractivity contribution >= 4 is 69.1 Å². The van der Waals surface area contributed by atoms with Gasteiger partial charge in [0, 0.05) is 29.3 Å². The van der Waals surface area contributed by atoms with E-state index in [2.05, 4.69) is 20.4 Å². The zero-order chi connectivity index (χ0) is 25.4. The number of nitrogens with zero attached hydrogens (tertiary/aromatic N) is 5. The number of amides is 2. The van der Waals surface area contributed by atoms with Crippen LogP contribution in [0, 0.1) is 0 Å². The number of thiazole rings is 1. The number of nitrogens with two attached hydrogens (primary N) is 1. The van der Waals surface area contributed by atoms with E-state index < -0.39 is 29.2 Å². The lowest BCUT2D eigenvalue weighted by Gasteiger charge is -2.49. The molecule has 0 saturated carbocycles. The van der Waals surface area contributed by atoms with Crippen LogP contribution in [0.3, 0.4) is 0 Å². The molecule has 1 fully saturated rings. The quantitative estimate of drug-likeness (QED) is 0.162. The third-order valence-electron chi connectivity index (χ3n) is 5.48. The number of aliphatic carboxylic acids is 1. The van der Waals surface area contributed by atoms with Crippen molar-refractivity contribution in [1.82, 2.24) is 24.6 Å². The van der Waals surface area contributed by atoms with E-state index in [1.807, 2.05) is 28.8 Å². The van der Waals surface area contributed by atoms with E-state index in [1.54, 1.807) is 11.6 Å². The standard InChI is InChI=1S/C21H19N7O5S3/c1-33-26-14(11-9-36-21(22)24-11)17(29)25-15-18(30)28-16(20(31)32)10(8-35-19(15)28)7-34-13-4-2-3-12-23-5-6-27(12)13/h2-6,9,15,19H,7-8H2,1H3,(H2,22,24)(H,25,29)(H,31,32)/t15-,19+/m1/s1. The van der Waals surface area contributed by atoms with Crippen LogP contribution in [0.25, 0.3) is 5.65 Å². The highest BCUT2D eigenvalue weighted by atomic mass is 32.2. The summed E-state index contributed by atoms with van der Waals surface area (Å²) < 4.78 is 1.92. The van der Waals surface area contributed by atoms with Crippen molar-refractivity contribution in [2.45, 2.75) is 16.4 Å². The SMILES string of the molecule is CON=C(C(=O)N[C@@H]1C(=O)N2C(C(=O)O)=C(CSc3cccc4nccn34)CS[C@@H]12)c1csc(N)n1. The van der Waals surface area contributed by atoms with E-state index >= 15 is 0 Å². The van der Waals surface area contributed by atoms with Crippen LogP contribution in [-0.2, 0) is 19.2 Å². The minimum Gasteiger partial charge on any atom is -0.477 e. The van der Waals surface area contributed by atoms with Crippen LogP contribution in [0.5, 0.6) is 0 Å². The van der Waals surface area contributed by atoms with Crippen molar-refractivity contribution in [3.63, 3.8) is 0 Å². The molecule has 2 atom stereocenters. The maximum atomic E-state index is 13.0. The van der Waals surface area contributed by atoms with Gasteiger partial charge in [0.05, 0.1) is 5.03 Å². The average Bonchev–Trinajstić information content (AvgIpc) is 3.52. The van der Waals surface area contributed by atoms with E-state index in [0.29, 0.717) is 17.1 Å². The van der Waals surface area contributed by atoms with Crippen LogP contribution in [0.4, 0.5) is 5.13 Å². The second-order valence-electron chi connectivity index (χ2n) is 7.62. The molecule has 0 spiro atoms. The minimum absolute atomic E-state index is 0.0439. The number of thioether (sulfide) groups is 2. The zero-order valence-electron chi connectivity index (χ0n) is 18.7. The van der Waals surface area contributed by atoms with Crippen LogP contribution in [0.1, 0.15) is 5.69 Å². The Hall–Kier alpha value is -3.56. The Labute approximate surface area is 216 Å². The molecular formula is C21H19N7O5S3. The summed E-state index contributed by atoms with van der Waals surface area (Å²) in [5, 5.41) is 18.5. The Bertz CT molecular complexity index is 1430. The minimum atomic E-state index is -1.19. The van der Waals surface area contributed by atoms with Crippen molar-refractivity contribution in [1.29, 1.82) is 0 Å². The number of nitrogens with one attached hydrogen (secondary N) is 1. The molecule has 2 aliphatic rings. The second-order valence-corrected chi connectivity index (χ2v) is 10.6. The molecule has 0 unspecified atom stereocenters. The van der Waals surface area contributed by atoms with Gasteiger partial charge in [-0.15, -0.1) is 34.9 Å². The zero-order valence-corrected chi connectivity index (χ0v) is 21.1. The lowest BCUT2D eigenvalue weighted by atomic mass is 10.0. The largest absolute Gasteiger partial charge is 0.477 e. The number of pyridine rings is 1. The van der Waals surface area contributed by atoms with Gasteiger partial charge in [-0.1, -0.05) is 11.2 Å². The summed E-state index contributed by atoms with van der Waals surface area (Å²) in [4.78, 5) is 52.3. The third-order valence-corrected chi connectivity index (χ3v) is 8.62. The van der Waals surface area contributed by atoms with Crippen molar-refractivity contribution in [3.05, 3.63) is 52.9 Å². The maximum Gasteiger partial charge on any atom is 0.352 e. The summed E-state index contributed by atoms with van der Waals surface area (Å²) in [6.07, 6.45) is 3.53. The number of anilines is 1. The van der Waals surface area contributed by atoms with Crippen LogP contribution in [0.2, 0.25) is 0 Å². The first-order valence-electron chi connectivity index (χ1n) is 10.5. The molecule has 4 N–H and O–H groups in total. The van der Waals surface area contributed by atoms with Gasteiger partial charge < -0.3 is 21.0 Å². The fourth-order valence-corrected chi connectivity index (χ4v) is 6.95. The number of hydrogen-bond donors (Lipinski definition) is 3. The van der Waals surface area contributed by atoms with Gasteiger partial charge in [-0.25, -0.2) is 14.8 Å². The molecule has 15 heteroatoms. The summed E-state index contributed by atoms with van der Waals surface area (Å²) in [7, 11) is 1.28. The lowest BCUT2D eigenvalue weighted by Crippen LogP contribution is -2.71. The van der Waals surface area contributed by atoms with Gasteiger partial charge in [0.25, 0.3) is 11.8 Å². The Morgan fingerprint density at radius 1 is 1.42 bits per heavy atom. The first-order chi connectivity index (χ1) is 17.4. The van der Waals surface area contributed by atoms with E-state index in [1.165, 1.54) is 35.5 Å². The molecule has 0 aromatic carbocycles. The van der Waals surface area contributed by atoms with Gasteiger partial charge in [-0.3, -0.25) is 18.9 Å². The van der Waals surface area contributed by atoms with Crippen LogP contribution in [-0.4, -0.2) is 77.9 Å². The van der Waals surface area contributed by atoms with Crippen molar-refractivity contribution < 1.29 is 24.3 Å². The summed E-state index contributed by atoms with van der Waals surface area (Å²) in [5.41, 5.74) is 7.11. The number of carboxylic acid groups (broad SMARTS) is 1. The van der Waals surface area contributed by atoms with Crippen molar-refractivity contribution in [3.8, 4) is 0 Å². The van der Waals surface area contributed by atoms with E-state index in [0.717, 1.165) is 22.0 Å². The van der Waals surface area contributed by atoms with Crippen molar-refractivity contribution in [2.24, 2.45) is 5.16 Å². The normalized spacial score (nSPS) is 19.8. The first-order valence-corrected chi connectivity index (χ1v) is 13.4. The molecule has 3 aromatic heterocycles. The predicted molar refractivity (Wildman–Crippen MR) is 136 cm³/mol. The van der Waals surface area contributed by atoms with Gasteiger partial charge >= 0.3 is 5.97 Å². The predicted octanol–water partition coefficient (Wildman–Crippen LogP) is 1.25. The fourth-order valence-electron chi connectivity index (χ4n) is 3.90. The number of rotatable bonds is 8. The Morgan fingerprint density at radius 2 is 2.25 bits per heavy atom. The third kappa shape index (κ3) is 4.29. The molecule has 0 bridgehead atoms. The number of carbonyl (C=O) groups excluding carboxylic acids is 2. The number of nitrogen functional groups attached to an aromatic ring is 1. The van der Waals surface area contributed by atoms with Crippen LogP contribution >= 0.6 is 34.9 Å². The monoisotopic (exact) mass is 545 g/mol. The van der Waals surface area contributed by atoms with Crippen LogP contribution in [0.15, 0.2) is 57.4 Å². The van der Waals surface area contributed by atoms with Crippen molar-refractivity contribution in [2.75, 3.05) is 24.3 Å². The summed E-state index contributed by atoms with van der Waals surface area (Å²) >= 11 is 3.99. The topological polar surface area (TPSA) is 165 Å². The summed E-state index contributed by atoms with van der Waals surface area (Å²) in [6.45, 7) is 0. The van der Waals surface area contributed by atoms with E-state index in [-0.39, 0.29) is 22.2 Å². The Morgan fingerprint density at radius 3 is 2.97 bits per heavy atom. The highest BCUT2D eigenvalue weighted by Crippen LogP contribution is 2.41. The maximum absolute atomic E-state index is 13.0. The van der Waals surface area contributed by atoms with Crippen LogP contribution < -0.4 is 11.1 Å². The molecule has 0 radical (unpaired) electrons. The number of carboxylic acids is 1. The first kappa shape index (κ1) is 24.1. The number of imidazole rings is 1. The van der Waals surface area contributed by atoms with Gasteiger partial charge in [-0.2, -0.15) is 0 Å². The molecule has 12 nitrogen and oxygen atoms in total. The Balaban J connectivity index is 1.32. The Kier molecular flexibility index (Phi) is 6.59. The highest BCUT2D eigenvalue weighted by Gasteiger charge is 2.54. The average molecular weight is 546 g/mol. The number of aromatic nitrogens is 3. The van der Waals surface area contributed by atoms with Gasteiger partial charge in [0.2, 0.25) is 0 Å². The molecule has 5 heterocycles. The molecule has 2 aliphatic heterocycles. The molecule has 5 rings (SSSR count). The van der Waals surface area contributed by atoms with Gasteiger partial charge in [-0.05, 0) is 17.7 Å². The summed E-state index contributed by atoms with van der Waals surface area (Å²) in [6, 6.07) is 4.78. The summed E-state index contributed by atoms with van der Waals surface area (Å²) in [5.74, 6) is -1.58. The smallest absolute Gasteiger partial charge is 0.352 e. The number of carbonyl (C=O) groups is 3. The van der Waals surface area contributed by atoms with Gasteiger partial charge in [0.1, 0.15) is 35.6 Å². The lowest BCUT2D eigenvalue weighted by molar-refractivity contribution is -0.150. The number of fused-ring (bicyclic) bond motifs is 2. The molecule has 186 valence electrons. The molecule has 3 aromatic rings. The second kappa shape index (κ2) is 9.83. The highest BCUT2D eigenvalue weighted by molar-refractivity contribution is 8.01. The molecule has 0 aliphatic carbocycles. The number of oxime groups is 1. The molecular weight excluding hydrogens is 526 g/mol. The van der Waals surface area contributed by atoms with E-state index in [4.69, 9.17) is 10.6 Å². The number of hydrogen-bond acceptors (Lipinski definition) is 11. The molecule has 2 amide bonds. The molecule has 36 heavy (non-hydrogen) atoms. The van der Waals surface area contributed by atoms with Gasteiger partial charge in [0.15, 0.2) is 10.8 Å².